The molecule has 0 aromatic rings. The van der Waals surface area contributed by atoms with Gasteiger partial charge in [0.25, 0.3) is 0 Å². The quantitative estimate of drug-likeness (QED) is 0.712. The minimum absolute atomic E-state index is 0.228. The predicted molar refractivity (Wildman–Crippen MR) is 54.4 cm³/mol. The standard InChI is InChI=1S/C11H19NO3/c13-5-4-12-8-10(2-3-10)11(9-12)14-6-1-7-15-11/h13H,1-9H2. The average Bonchev–Trinajstić information content (AvgIpc) is 2.95. The van der Waals surface area contributed by atoms with Crippen LogP contribution in [-0.4, -0.2) is 55.2 Å². The Balaban J connectivity index is 1.76. The molecule has 1 aliphatic carbocycles. The molecule has 0 unspecified atom stereocenters. The molecule has 1 saturated carbocycles. The van der Waals surface area contributed by atoms with Gasteiger partial charge in [-0.25, -0.2) is 0 Å². The number of β-amino-alcohol motifs (C(OH)–C–C–N with tert-alkyl or cyclic N) is 1. The van der Waals surface area contributed by atoms with Gasteiger partial charge < -0.3 is 14.6 Å². The van der Waals surface area contributed by atoms with E-state index in [0.717, 1.165) is 39.3 Å². The van der Waals surface area contributed by atoms with Crippen LogP contribution in [0.5, 0.6) is 0 Å². The maximum atomic E-state index is 8.98. The summed E-state index contributed by atoms with van der Waals surface area (Å²) in [6, 6.07) is 0. The molecule has 0 atom stereocenters. The van der Waals surface area contributed by atoms with E-state index in [0.29, 0.717) is 0 Å². The van der Waals surface area contributed by atoms with E-state index in [1.54, 1.807) is 0 Å². The van der Waals surface area contributed by atoms with E-state index in [-0.39, 0.29) is 17.8 Å². The lowest BCUT2D eigenvalue weighted by molar-refractivity contribution is -0.284. The molecular formula is C11H19NO3. The number of hydrogen-bond acceptors (Lipinski definition) is 4. The molecule has 0 bridgehead atoms. The first kappa shape index (κ1) is 10.0. The Morgan fingerprint density at radius 2 is 1.87 bits per heavy atom. The second-order valence-corrected chi connectivity index (χ2v) is 5.02. The minimum Gasteiger partial charge on any atom is -0.395 e. The van der Waals surface area contributed by atoms with Gasteiger partial charge >= 0.3 is 0 Å². The summed E-state index contributed by atoms with van der Waals surface area (Å²) >= 11 is 0. The van der Waals surface area contributed by atoms with Crippen LogP contribution in [0.4, 0.5) is 0 Å². The summed E-state index contributed by atoms with van der Waals surface area (Å²) in [5.41, 5.74) is 0.253. The smallest absolute Gasteiger partial charge is 0.187 e. The number of rotatable bonds is 2. The van der Waals surface area contributed by atoms with Crippen molar-refractivity contribution in [1.82, 2.24) is 4.90 Å². The monoisotopic (exact) mass is 213 g/mol. The number of nitrogens with zero attached hydrogens (tertiary/aromatic N) is 1. The fourth-order valence-electron chi connectivity index (χ4n) is 3.03. The Bertz CT molecular complexity index is 246. The van der Waals surface area contributed by atoms with Crippen molar-refractivity contribution in [3.63, 3.8) is 0 Å². The molecule has 2 saturated heterocycles. The first-order valence-corrected chi connectivity index (χ1v) is 5.91. The zero-order valence-corrected chi connectivity index (χ0v) is 9.07. The van der Waals surface area contributed by atoms with Crippen molar-refractivity contribution in [2.24, 2.45) is 5.41 Å². The summed E-state index contributed by atoms with van der Waals surface area (Å²) in [6.07, 6.45) is 3.45. The zero-order chi connectivity index (χ0) is 10.4. The molecule has 0 radical (unpaired) electrons. The average molecular weight is 213 g/mol. The molecule has 2 spiro atoms. The SMILES string of the molecule is OCCN1CC2(CC2)C2(C1)OCCCO2. The Morgan fingerprint density at radius 3 is 2.47 bits per heavy atom. The molecule has 0 aromatic carbocycles. The van der Waals surface area contributed by atoms with Gasteiger partial charge in [-0.05, 0) is 19.3 Å². The maximum absolute atomic E-state index is 8.98. The second kappa shape index (κ2) is 3.42. The molecule has 1 N–H and O–H groups in total. The zero-order valence-electron chi connectivity index (χ0n) is 9.07. The van der Waals surface area contributed by atoms with Crippen LogP contribution in [0.15, 0.2) is 0 Å². The van der Waals surface area contributed by atoms with Gasteiger partial charge in [-0.1, -0.05) is 0 Å². The Hall–Kier alpha value is -0.160. The van der Waals surface area contributed by atoms with Gasteiger partial charge in [0.2, 0.25) is 0 Å². The van der Waals surface area contributed by atoms with Gasteiger partial charge in [0, 0.05) is 18.5 Å². The van der Waals surface area contributed by atoms with Crippen LogP contribution in [0.3, 0.4) is 0 Å². The molecular weight excluding hydrogens is 194 g/mol. The van der Waals surface area contributed by atoms with Gasteiger partial charge in [-0.3, -0.25) is 4.90 Å². The summed E-state index contributed by atoms with van der Waals surface area (Å²) in [4.78, 5) is 2.28. The topological polar surface area (TPSA) is 41.9 Å². The van der Waals surface area contributed by atoms with Crippen LogP contribution in [0, 0.1) is 5.41 Å². The van der Waals surface area contributed by atoms with E-state index in [2.05, 4.69) is 4.90 Å². The molecule has 4 heteroatoms. The molecule has 15 heavy (non-hydrogen) atoms. The number of likely N-dealkylation sites (tertiary alicyclic amines) is 1. The highest BCUT2D eigenvalue weighted by molar-refractivity contribution is 5.12. The molecule has 3 aliphatic rings. The highest BCUT2D eigenvalue weighted by Gasteiger charge is 2.67. The highest BCUT2D eigenvalue weighted by Crippen LogP contribution is 2.60. The van der Waals surface area contributed by atoms with E-state index in [1.807, 2.05) is 0 Å². The van der Waals surface area contributed by atoms with E-state index in [4.69, 9.17) is 14.6 Å². The molecule has 4 nitrogen and oxygen atoms in total. The van der Waals surface area contributed by atoms with Crippen molar-refractivity contribution in [3.8, 4) is 0 Å². The molecule has 0 amide bonds. The molecule has 3 rings (SSSR count). The number of aliphatic hydroxyl groups is 1. The Morgan fingerprint density at radius 1 is 1.13 bits per heavy atom. The van der Waals surface area contributed by atoms with Crippen LogP contribution in [0.2, 0.25) is 0 Å². The third-order valence-electron chi connectivity index (χ3n) is 3.99. The summed E-state index contributed by atoms with van der Waals surface area (Å²) < 4.78 is 11.9. The number of hydrogen-bond donors (Lipinski definition) is 1. The normalized spacial score (nSPS) is 32.6. The van der Waals surface area contributed by atoms with Gasteiger partial charge in [0.05, 0.1) is 26.4 Å². The predicted octanol–water partition coefficient (Wildman–Crippen LogP) is 0.208. The third kappa shape index (κ3) is 1.43. The van der Waals surface area contributed by atoms with Gasteiger partial charge in [-0.2, -0.15) is 0 Å². The lowest BCUT2D eigenvalue weighted by Gasteiger charge is -2.38. The third-order valence-corrected chi connectivity index (χ3v) is 3.99. The number of fused-ring (bicyclic) bond motifs is 1. The van der Waals surface area contributed by atoms with Crippen LogP contribution < -0.4 is 0 Å². The molecule has 86 valence electrons. The Kier molecular flexibility index (Phi) is 2.28. The van der Waals surface area contributed by atoms with Crippen LogP contribution >= 0.6 is 0 Å². The van der Waals surface area contributed by atoms with Crippen molar-refractivity contribution in [1.29, 1.82) is 0 Å². The largest absolute Gasteiger partial charge is 0.395 e. The fraction of sp³-hybridized carbons (Fsp3) is 1.00. The van der Waals surface area contributed by atoms with Crippen molar-refractivity contribution in [2.75, 3.05) is 39.5 Å². The van der Waals surface area contributed by atoms with Crippen LogP contribution in [0.1, 0.15) is 19.3 Å². The molecule has 3 fully saturated rings. The van der Waals surface area contributed by atoms with E-state index >= 15 is 0 Å². The van der Waals surface area contributed by atoms with E-state index in [1.165, 1.54) is 12.8 Å². The lowest BCUT2D eigenvalue weighted by atomic mass is 9.98. The van der Waals surface area contributed by atoms with Gasteiger partial charge in [0.15, 0.2) is 5.79 Å². The van der Waals surface area contributed by atoms with E-state index < -0.39 is 0 Å². The van der Waals surface area contributed by atoms with Crippen molar-refractivity contribution in [2.45, 2.75) is 25.0 Å². The number of ether oxygens (including phenoxy) is 2. The molecule has 0 aromatic heterocycles. The number of aliphatic hydroxyl groups excluding tert-OH is 1. The summed E-state index contributed by atoms with van der Waals surface area (Å²) in [7, 11) is 0. The first-order valence-electron chi connectivity index (χ1n) is 5.91. The van der Waals surface area contributed by atoms with Gasteiger partial charge in [0.1, 0.15) is 0 Å². The maximum Gasteiger partial charge on any atom is 0.187 e. The van der Waals surface area contributed by atoms with Crippen LogP contribution in [-0.2, 0) is 9.47 Å². The Labute approximate surface area is 90.2 Å². The summed E-state index contributed by atoms with van der Waals surface area (Å²) in [5.74, 6) is -0.333. The summed E-state index contributed by atoms with van der Waals surface area (Å²) in [5, 5.41) is 8.98. The van der Waals surface area contributed by atoms with Gasteiger partial charge in [-0.15, -0.1) is 0 Å². The molecule has 2 aliphatic heterocycles. The molecule has 2 heterocycles. The van der Waals surface area contributed by atoms with Crippen molar-refractivity contribution < 1.29 is 14.6 Å². The first-order chi connectivity index (χ1) is 7.30. The van der Waals surface area contributed by atoms with Crippen molar-refractivity contribution >= 4 is 0 Å². The highest BCUT2D eigenvalue weighted by atomic mass is 16.7. The summed E-state index contributed by atoms with van der Waals surface area (Å²) in [6.45, 7) is 4.51. The lowest BCUT2D eigenvalue weighted by Crippen LogP contribution is -2.48. The second-order valence-electron chi connectivity index (χ2n) is 5.02. The van der Waals surface area contributed by atoms with Crippen molar-refractivity contribution in [3.05, 3.63) is 0 Å². The minimum atomic E-state index is -0.333. The fourth-order valence-corrected chi connectivity index (χ4v) is 3.03. The van der Waals surface area contributed by atoms with E-state index in [9.17, 15) is 0 Å². The van der Waals surface area contributed by atoms with Crippen LogP contribution in [0.25, 0.3) is 0 Å².